The van der Waals surface area contributed by atoms with Crippen LogP contribution in [0.4, 0.5) is 0 Å². The minimum Gasteiger partial charge on any atom is -0.467 e. The third kappa shape index (κ3) is 4.46. The number of imidazole rings is 1. The lowest BCUT2D eigenvalue weighted by atomic mass is 9.93. The van der Waals surface area contributed by atoms with Gasteiger partial charge in [0.25, 0.3) is 11.8 Å². The highest BCUT2D eigenvalue weighted by atomic mass is 16.3. The predicted octanol–water partition coefficient (Wildman–Crippen LogP) is 2.66. The van der Waals surface area contributed by atoms with Gasteiger partial charge in [-0.05, 0) is 38.0 Å². The van der Waals surface area contributed by atoms with Gasteiger partial charge in [-0.2, -0.15) is 0 Å². The van der Waals surface area contributed by atoms with Gasteiger partial charge in [-0.15, -0.1) is 0 Å². The second-order valence-electron chi connectivity index (χ2n) is 8.73. The molecule has 0 bridgehead atoms. The second kappa shape index (κ2) is 9.54. The van der Waals surface area contributed by atoms with E-state index in [0.717, 1.165) is 11.1 Å². The zero-order chi connectivity index (χ0) is 24.3. The molecule has 3 amide bonds. The van der Waals surface area contributed by atoms with Crippen LogP contribution in [0.5, 0.6) is 0 Å². The second-order valence-corrected chi connectivity index (χ2v) is 8.73. The first-order chi connectivity index (χ1) is 16.3. The maximum atomic E-state index is 13.5. The van der Waals surface area contributed by atoms with Crippen molar-refractivity contribution in [2.45, 2.75) is 52.4 Å². The Morgan fingerprint density at radius 3 is 2.59 bits per heavy atom. The molecule has 1 aliphatic rings. The van der Waals surface area contributed by atoms with Crippen molar-refractivity contribution >= 4 is 17.7 Å². The molecular weight excluding hydrogens is 434 g/mol. The van der Waals surface area contributed by atoms with E-state index in [0.29, 0.717) is 25.3 Å². The lowest BCUT2D eigenvalue weighted by molar-refractivity contribution is -0.133. The molecule has 0 saturated carbocycles. The number of nitrogens with zero attached hydrogens (tertiary/aromatic N) is 3. The maximum Gasteiger partial charge on any atom is 0.273 e. The molecule has 0 aliphatic carbocycles. The summed E-state index contributed by atoms with van der Waals surface area (Å²) in [4.78, 5) is 45.4. The molecule has 4 rings (SSSR count). The quantitative estimate of drug-likeness (QED) is 0.534. The first-order valence-corrected chi connectivity index (χ1v) is 11.3. The van der Waals surface area contributed by atoms with Gasteiger partial charge < -0.3 is 24.5 Å². The third-order valence-electron chi connectivity index (χ3n) is 6.09. The molecule has 3 aromatic rings. The van der Waals surface area contributed by atoms with Crippen molar-refractivity contribution in [3.8, 4) is 0 Å². The van der Waals surface area contributed by atoms with Crippen LogP contribution in [0.2, 0.25) is 0 Å². The van der Waals surface area contributed by atoms with Crippen LogP contribution in [0.3, 0.4) is 0 Å². The molecule has 0 spiro atoms. The number of carbonyl (C=O) groups is 3. The summed E-state index contributed by atoms with van der Waals surface area (Å²) in [7, 11) is 0. The molecule has 1 atom stereocenters. The van der Waals surface area contributed by atoms with Gasteiger partial charge >= 0.3 is 0 Å². The van der Waals surface area contributed by atoms with E-state index in [-0.39, 0.29) is 36.3 Å². The number of rotatable bonds is 8. The van der Waals surface area contributed by atoms with Crippen molar-refractivity contribution < 1.29 is 18.8 Å². The van der Waals surface area contributed by atoms with Gasteiger partial charge in [0.2, 0.25) is 5.91 Å². The summed E-state index contributed by atoms with van der Waals surface area (Å²) in [5.41, 5.74) is 1.23. The normalized spacial score (nSPS) is 17.4. The Morgan fingerprint density at radius 2 is 1.91 bits per heavy atom. The van der Waals surface area contributed by atoms with Crippen molar-refractivity contribution in [2.75, 3.05) is 6.54 Å². The molecular formula is C25H29N5O4. The topological polar surface area (TPSA) is 109 Å². The standard InChI is InChI=1S/C25H29N5O4/c1-4-11-30-23(32)21-20(22(31)26-14-19-6-5-12-34-19)28-16-29(21)15-25(30,3)24(33)27-13-18-9-7-17(2)8-10-18/h5-10,12,16H,4,11,13-15H2,1-3H3,(H,26,31)(H,27,33)/t25-/m1/s1. The Kier molecular flexibility index (Phi) is 6.54. The highest BCUT2D eigenvalue weighted by Crippen LogP contribution is 2.29. The van der Waals surface area contributed by atoms with Crippen LogP contribution in [0.15, 0.2) is 53.4 Å². The summed E-state index contributed by atoms with van der Waals surface area (Å²) < 4.78 is 6.84. The number of amides is 3. The van der Waals surface area contributed by atoms with Crippen LogP contribution in [-0.2, 0) is 24.4 Å². The first-order valence-electron chi connectivity index (χ1n) is 11.3. The fourth-order valence-corrected chi connectivity index (χ4v) is 4.17. The highest BCUT2D eigenvalue weighted by Gasteiger charge is 2.48. The van der Waals surface area contributed by atoms with E-state index in [1.807, 2.05) is 38.1 Å². The minimum atomic E-state index is -1.12. The zero-order valence-electron chi connectivity index (χ0n) is 19.6. The van der Waals surface area contributed by atoms with Gasteiger partial charge in [-0.1, -0.05) is 36.8 Å². The number of nitrogens with one attached hydrogen (secondary N) is 2. The van der Waals surface area contributed by atoms with Crippen LogP contribution in [-0.4, -0.2) is 44.3 Å². The van der Waals surface area contributed by atoms with E-state index in [2.05, 4.69) is 15.6 Å². The van der Waals surface area contributed by atoms with E-state index in [4.69, 9.17) is 4.42 Å². The number of hydrogen-bond donors (Lipinski definition) is 2. The lowest BCUT2D eigenvalue weighted by Crippen LogP contribution is -2.64. The van der Waals surface area contributed by atoms with Crippen LogP contribution < -0.4 is 10.6 Å². The highest BCUT2D eigenvalue weighted by molar-refractivity contribution is 6.07. The van der Waals surface area contributed by atoms with Crippen LogP contribution in [0.1, 0.15) is 58.1 Å². The summed E-state index contributed by atoms with van der Waals surface area (Å²) in [5, 5.41) is 5.71. The summed E-state index contributed by atoms with van der Waals surface area (Å²) in [6, 6.07) is 11.4. The Balaban J connectivity index is 1.54. The van der Waals surface area contributed by atoms with Crippen molar-refractivity contribution in [3.05, 3.63) is 77.3 Å². The van der Waals surface area contributed by atoms with Crippen LogP contribution in [0, 0.1) is 6.92 Å². The molecule has 178 valence electrons. The summed E-state index contributed by atoms with van der Waals surface area (Å²) in [6.45, 7) is 6.84. The molecule has 0 radical (unpaired) electrons. The Hall–Kier alpha value is -3.88. The maximum absolute atomic E-state index is 13.5. The molecule has 34 heavy (non-hydrogen) atoms. The van der Waals surface area contributed by atoms with Gasteiger partial charge in [-0.3, -0.25) is 14.4 Å². The molecule has 3 heterocycles. The van der Waals surface area contributed by atoms with E-state index in [9.17, 15) is 14.4 Å². The molecule has 0 fully saturated rings. The molecule has 0 saturated heterocycles. The monoisotopic (exact) mass is 463 g/mol. The smallest absolute Gasteiger partial charge is 0.273 e. The molecule has 1 aliphatic heterocycles. The number of hydrogen-bond acceptors (Lipinski definition) is 5. The molecule has 9 heteroatoms. The van der Waals surface area contributed by atoms with Crippen LogP contribution in [0.25, 0.3) is 0 Å². The Bertz CT molecular complexity index is 1180. The largest absolute Gasteiger partial charge is 0.467 e. The molecule has 2 aromatic heterocycles. The van der Waals surface area contributed by atoms with Gasteiger partial charge in [-0.25, -0.2) is 4.98 Å². The minimum absolute atomic E-state index is 0.0415. The molecule has 1 aromatic carbocycles. The van der Waals surface area contributed by atoms with Crippen LogP contribution >= 0.6 is 0 Å². The number of carbonyl (C=O) groups excluding carboxylic acids is 3. The average molecular weight is 464 g/mol. The van der Waals surface area contributed by atoms with E-state index >= 15 is 0 Å². The first kappa shape index (κ1) is 23.3. The van der Waals surface area contributed by atoms with Crippen molar-refractivity contribution in [3.63, 3.8) is 0 Å². The lowest BCUT2D eigenvalue weighted by Gasteiger charge is -2.43. The fraction of sp³-hybridized carbons (Fsp3) is 0.360. The number of aromatic nitrogens is 2. The molecule has 2 N–H and O–H groups in total. The fourth-order valence-electron chi connectivity index (χ4n) is 4.17. The van der Waals surface area contributed by atoms with E-state index < -0.39 is 11.4 Å². The molecule has 9 nitrogen and oxygen atoms in total. The van der Waals surface area contributed by atoms with Gasteiger partial charge in [0.15, 0.2) is 5.69 Å². The van der Waals surface area contributed by atoms with Crippen molar-refractivity contribution in [2.24, 2.45) is 0 Å². The predicted molar refractivity (Wildman–Crippen MR) is 125 cm³/mol. The van der Waals surface area contributed by atoms with E-state index in [1.54, 1.807) is 28.5 Å². The third-order valence-corrected chi connectivity index (χ3v) is 6.09. The summed E-state index contributed by atoms with van der Waals surface area (Å²) in [5.74, 6) is -0.514. The Labute approximate surface area is 198 Å². The van der Waals surface area contributed by atoms with E-state index in [1.165, 1.54) is 12.6 Å². The average Bonchev–Trinajstić information content (AvgIpc) is 3.49. The SMILES string of the molecule is CCCN1C(=O)c2c(C(=O)NCc3ccco3)ncn2C[C@]1(C)C(=O)NCc1ccc(C)cc1. The summed E-state index contributed by atoms with van der Waals surface area (Å²) >= 11 is 0. The van der Waals surface area contributed by atoms with Crippen molar-refractivity contribution in [1.82, 2.24) is 25.1 Å². The van der Waals surface area contributed by atoms with Gasteiger partial charge in [0.1, 0.15) is 17.0 Å². The molecule has 0 unspecified atom stereocenters. The van der Waals surface area contributed by atoms with Gasteiger partial charge in [0, 0.05) is 13.1 Å². The van der Waals surface area contributed by atoms with Gasteiger partial charge in [0.05, 0.1) is 25.7 Å². The summed E-state index contributed by atoms with van der Waals surface area (Å²) in [6.07, 6.45) is 3.64. The number of benzene rings is 1. The number of aryl methyl sites for hydroxylation is 1. The number of fused-ring (bicyclic) bond motifs is 1. The Morgan fingerprint density at radius 1 is 1.15 bits per heavy atom. The number of furan rings is 1. The van der Waals surface area contributed by atoms with Crippen molar-refractivity contribution in [1.29, 1.82) is 0 Å². The zero-order valence-corrected chi connectivity index (χ0v) is 19.6.